The van der Waals surface area contributed by atoms with Crippen molar-refractivity contribution in [2.45, 2.75) is 51.1 Å². The van der Waals surface area contributed by atoms with E-state index in [-0.39, 0.29) is 11.8 Å². The van der Waals surface area contributed by atoms with Crippen LogP contribution in [0.4, 0.5) is 5.69 Å². The summed E-state index contributed by atoms with van der Waals surface area (Å²) in [5.41, 5.74) is 2.12. The molecule has 2 atom stereocenters. The molecule has 3 rings (SSSR count). The summed E-state index contributed by atoms with van der Waals surface area (Å²) in [7, 11) is 2.19. The van der Waals surface area contributed by atoms with Crippen molar-refractivity contribution < 1.29 is 4.79 Å². The van der Waals surface area contributed by atoms with Crippen molar-refractivity contribution in [3.8, 4) is 0 Å². The molecule has 0 bridgehead atoms. The Hall–Kier alpha value is -2.08. The van der Waals surface area contributed by atoms with E-state index in [2.05, 4.69) is 47.8 Å². The van der Waals surface area contributed by atoms with E-state index in [1.54, 1.807) is 0 Å². The van der Waals surface area contributed by atoms with Crippen molar-refractivity contribution in [3.63, 3.8) is 0 Å². The minimum absolute atomic E-state index is 0.0807. The standard InChI is InChI=1S/C20H31N5O/c1-4-21-20(22-12-14(2)25(3)16-9-10-16)23-13-15-11-19(26)24-18-8-6-5-7-17(15)18/h5-8,14-16H,4,9-13H2,1-3H3,(H,24,26)(H2,21,22,23). The second kappa shape index (κ2) is 8.54. The van der Waals surface area contributed by atoms with Gasteiger partial charge in [-0.25, -0.2) is 0 Å². The molecule has 1 aromatic rings. The van der Waals surface area contributed by atoms with Gasteiger partial charge in [0.2, 0.25) is 5.91 Å². The van der Waals surface area contributed by atoms with Crippen molar-refractivity contribution in [1.29, 1.82) is 0 Å². The van der Waals surface area contributed by atoms with E-state index in [0.717, 1.165) is 30.8 Å². The Labute approximate surface area is 156 Å². The number of fused-ring (bicyclic) bond motifs is 1. The number of rotatable bonds is 7. The number of likely N-dealkylation sites (N-methyl/N-ethyl adjacent to an activating group) is 1. The summed E-state index contributed by atoms with van der Waals surface area (Å²) in [5.74, 6) is 1.07. The number of aliphatic imine (C=N–C) groups is 1. The van der Waals surface area contributed by atoms with Gasteiger partial charge in [-0.2, -0.15) is 0 Å². The lowest BCUT2D eigenvalue weighted by Gasteiger charge is -2.27. The first-order valence-electron chi connectivity index (χ1n) is 9.71. The zero-order chi connectivity index (χ0) is 18.5. The number of hydrogen-bond acceptors (Lipinski definition) is 3. The minimum Gasteiger partial charge on any atom is -0.357 e. The molecule has 0 saturated heterocycles. The molecule has 1 fully saturated rings. The monoisotopic (exact) mass is 357 g/mol. The maximum absolute atomic E-state index is 12.0. The SMILES string of the molecule is CCNC(=NCC(C)N(C)C1CC1)NCC1CC(=O)Nc2ccccc21. The molecule has 6 heteroatoms. The molecule has 0 radical (unpaired) electrons. The summed E-state index contributed by atoms with van der Waals surface area (Å²) >= 11 is 0. The lowest BCUT2D eigenvalue weighted by Crippen LogP contribution is -2.42. The lowest BCUT2D eigenvalue weighted by molar-refractivity contribution is -0.116. The molecule has 1 heterocycles. The van der Waals surface area contributed by atoms with Crippen LogP contribution in [0.25, 0.3) is 0 Å². The molecule has 1 amide bonds. The Morgan fingerprint density at radius 2 is 2.12 bits per heavy atom. The molecule has 26 heavy (non-hydrogen) atoms. The van der Waals surface area contributed by atoms with Crippen LogP contribution in [0, 0.1) is 0 Å². The fourth-order valence-corrected chi connectivity index (χ4v) is 3.44. The first-order chi connectivity index (χ1) is 12.6. The molecule has 1 aliphatic carbocycles. The van der Waals surface area contributed by atoms with Crippen LogP contribution in [-0.4, -0.2) is 55.5 Å². The van der Waals surface area contributed by atoms with E-state index in [4.69, 9.17) is 4.99 Å². The number of benzene rings is 1. The molecule has 1 aliphatic heterocycles. The summed E-state index contributed by atoms with van der Waals surface area (Å²) in [5, 5.41) is 9.70. The Balaban J connectivity index is 1.59. The number of carbonyl (C=O) groups is 1. The van der Waals surface area contributed by atoms with E-state index in [1.165, 1.54) is 18.4 Å². The van der Waals surface area contributed by atoms with Gasteiger partial charge in [-0.3, -0.25) is 14.7 Å². The largest absolute Gasteiger partial charge is 0.357 e. The molecule has 3 N–H and O–H groups in total. The lowest BCUT2D eigenvalue weighted by atomic mass is 9.90. The zero-order valence-corrected chi connectivity index (χ0v) is 16.1. The third-order valence-electron chi connectivity index (χ3n) is 5.30. The normalized spacial score (nSPS) is 21.2. The number of anilines is 1. The third kappa shape index (κ3) is 4.75. The Bertz CT molecular complexity index is 655. The quantitative estimate of drug-likeness (QED) is 0.517. The van der Waals surface area contributed by atoms with Crippen LogP contribution in [0.15, 0.2) is 29.3 Å². The van der Waals surface area contributed by atoms with Crippen molar-refractivity contribution in [1.82, 2.24) is 15.5 Å². The van der Waals surface area contributed by atoms with Gasteiger partial charge in [0.05, 0.1) is 6.54 Å². The van der Waals surface area contributed by atoms with Gasteiger partial charge in [-0.15, -0.1) is 0 Å². The van der Waals surface area contributed by atoms with Crippen LogP contribution < -0.4 is 16.0 Å². The van der Waals surface area contributed by atoms with Gasteiger partial charge in [0.1, 0.15) is 0 Å². The summed E-state index contributed by atoms with van der Waals surface area (Å²) in [6, 6.07) is 9.22. The Morgan fingerprint density at radius 1 is 1.35 bits per heavy atom. The molecule has 6 nitrogen and oxygen atoms in total. The Kier molecular flexibility index (Phi) is 6.14. The fourth-order valence-electron chi connectivity index (χ4n) is 3.44. The average Bonchev–Trinajstić information content (AvgIpc) is 3.47. The maximum Gasteiger partial charge on any atom is 0.225 e. The summed E-state index contributed by atoms with van der Waals surface area (Å²) in [6.07, 6.45) is 3.13. The predicted octanol–water partition coefficient (Wildman–Crippen LogP) is 2.15. The molecule has 2 aliphatic rings. The number of para-hydroxylation sites is 1. The van der Waals surface area contributed by atoms with Gasteiger partial charge in [0, 0.05) is 43.2 Å². The minimum atomic E-state index is 0.0807. The second-order valence-electron chi connectivity index (χ2n) is 7.38. The zero-order valence-electron chi connectivity index (χ0n) is 16.1. The van der Waals surface area contributed by atoms with Crippen LogP contribution in [0.5, 0.6) is 0 Å². The average molecular weight is 358 g/mol. The van der Waals surface area contributed by atoms with Gasteiger partial charge in [0.25, 0.3) is 0 Å². The molecule has 1 aromatic carbocycles. The van der Waals surface area contributed by atoms with E-state index in [0.29, 0.717) is 19.0 Å². The number of guanidine groups is 1. The molecule has 142 valence electrons. The van der Waals surface area contributed by atoms with Crippen LogP contribution in [0.1, 0.15) is 44.6 Å². The van der Waals surface area contributed by atoms with Gasteiger partial charge >= 0.3 is 0 Å². The highest BCUT2D eigenvalue weighted by Crippen LogP contribution is 2.31. The van der Waals surface area contributed by atoms with Crippen LogP contribution in [0.3, 0.4) is 0 Å². The molecule has 2 unspecified atom stereocenters. The topological polar surface area (TPSA) is 68.8 Å². The van der Waals surface area contributed by atoms with E-state index in [1.807, 2.05) is 18.2 Å². The summed E-state index contributed by atoms with van der Waals surface area (Å²) in [4.78, 5) is 19.2. The summed E-state index contributed by atoms with van der Waals surface area (Å²) < 4.78 is 0. The van der Waals surface area contributed by atoms with Crippen molar-refractivity contribution in [3.05, 3.63) is 29.8 Å². The second-order valence-corrected chi connectivity index (χ2v) is 7.38. The maximum atomic E-state index is 12.0. The van der Waals surface area contributed by atoms with Gasteiger partial charge in [-0.1, -0.05) is 18.2 Å². The first-order valence-corrected chi connectivity index (χ1v) is 9.71. The fraction of sp³-hybridized carbons (Fsp3) is 0.600. The highest BCUT2D eigenvalue weighted by Gasteiger charge is 2.29. The highest BCUT2D eigenvalue weighted by atomic mass is 16.1. The number of nitrogens with zero attached hydrogens (tertiary/aromatic N) is 2. The van der Waals surface area contributed by atoms with Crippen molar-refractivity contribution >= 4 is 17.6 Å². The number of amides is 1. The molecule has 0 aromatic heterocycles. The van der Waals surface area contributed by atoms with E-state index in [9.17, 15) is 4.79 Å². The number of carbonyl (C=O) groups excluding carboxylic acids is 1. The number of nitrogens with one attached hydrogen (secondary N) is 3. The first kappa shape index (κ1) is 18.7. The molecular weight excluding hydrogens is 326 g/mol. The van der Waals surface area contributed by atoms with Gasteiger partial charge in [0.15, 0.2) is 5.96 Å². The van der Waals surface area contributed by atoms with Crippen molar-refractivity contribution in [2.24, 2.45) is 4.99 Å². The van der Waals surface area contributed by atoms with Gasteiger partial charge < -0.3 is 16.0 Å². The molecule has 1 saturated carbocycles. The Morgan fingerprint density at radius 3 is 2.85 bits per heavy atom. The van der Waals surface area contributed by atoms with Crippen LogP contribution in [0.2, 0.25) is 0 Å². The molecule has 0 spiro atoms. The van der Waals surface area contributed by atoms with Crippen molar-refractivity contribution in [2.75, 3.05) is 32.0 Å². The predicted molar refractivity (Wildman–Crippen MR) is 107 cm³/mol. The van der Waals surface area contributed by atoms with E-state index >= 15 is 0 Å². The third-order valence-corrected chi connectivity index (χ3v) is 5.30. The molecular formula is C20H31N5O. The summed E-state index contributed by atoms with van der Waals surface area (Å²) in [6.45, 7) is 6.58. The highest BCUT2D eigenvalue weighted by molar-refractivity contribution is 5.94. The van der Waals surface area contributed by atoms with E-state index < -0.39 is 0 Å². The van der Waals surface area contributed by atoms with Crippen LogP contribution in [-0.2, 0) is 4.79 Å². The van der Waals surface area contributed by atoms with Gasteiger partial charge in [-0.05, 0) is 45.4 Å². The number of hydrogen-bond donors (Lipinski definition) is 3. The van der Waals surface area contributed by atoms with Crippen LogP contribution >= 0.6 is 0 Å². The smallest absolute Gasteiger partial charge is 0.225 e.